The Kier molecular flexibility index (Phi) is 5.21. The third-order valence-electron chi connectivity index (χ3n) is 4.63. The van der Waals surface area contributed by atoms with Crippen molar-refractivity contribution in [3.63, 3.8) is 0 Å². The lowest BCUT2D eigenvalue weighted by atomic mass is 10.1. The Morgan fingerprint density at radius 3 is 2.52 bits per heavy atom. The number of carbonyl (C=O) groups excluding carboxylic acids is 3. The van der Waals surface area contributed by atoms with Crippen molar-refractivity contribution >= 4 is 17.8 Å². The van der Waals surface area contributed by atoms with Crippen molar-refractivity contribution in [2.75, 3.05) is 39.9 Å². The van der Waals surface area contributed by atoms with Gasteiger partial charge in [-0.15, -0.1) is 0 Å². The fraction of sp³-hybridized carbons (Fsp3) is 0.500. The monoisotopic (exact) mass is 346 g/mol. The van der Waals surface area contributed by atoms with Gasteiger partial charge in [-0.3, -0.25) is 14.4 Å². The van der Waals surface area contributed by atoms with Gasteiger partial charge in [0.15, 0.2) is 0 Å². The van der Waals surface area contributed by atoms with E-state index >= 15 is 0 Å². The average Bonchev–Trinajstić information content (AvgIpc) is 3.13. The molecule has 0 radical (unpaired) electrons. The van der Waals surface area contributed by atoms with Crippen LogP contribution in [0.5, 0.6) is 5.75 Å². The van der Waals surface area contributed by atoms with Gasteiger partial charge in [0, 0.05) is 44.6 Å². The van der Waals surface area contributed by atoms with Gasteiger partial charge in [0.2, 0.25) is 5.91 Å². The third kappa shape index (κ3) is 3.92. The van der Waals surface area contributed by atoms with Gasteiger partial charge < -0.3 is 19.3 Å². The van der Waals surface area contributed by atoms with E-state index in [9.17, 15) is 14.4 Å². The number of nitrogens with zero attached hydrogens (tertiary/aromatic N) is 2. The predicted octanol–water partition coefficient (Wildman–Crippen LogP) is 0.859. The fourth-order valence-electron chi connectivity index (χ4n) is 3.13. The number of esters is 1. The normalized spacial score (nSPS) is 16.2. The minimum absolute atomic E-state index is 0.0173. The van der Waals surface area contributed by atoms with E-state index in [1.54, 1.807) is 15.9 Å². The highest BCUT2D eigenvalue weighted by atomic mass is 16.5. The molecular formula is C18H22N2O5. The van der Waals surface area contributed by atoms with E-state index in [4.69, 9.17) is 4.74 Å². The SMILES string of the molecule is COC(=O)CCC(=O)N1CCN(C(=O)c2ccc3c(c2)CCO3)CC1. The average molecular weight is 346 g/mol. The maximum absolute atomic E-state index is 12.7. The Labute approximate surface area is 146 Å². The topological polar surface area (TPSA) is 76.2 Å². The number of methoxy groups -OCH3 is 1. The first kappa shape index (κ1) is 17.3. The molecule has 1 saturated heterocycles. The molecule has 134 valence electrons. The first-order chi connectivity index (χ1) is 12.1. The molecule has 2 heterocycles. The summed E-state index contributed by atoms with van der Waals surface area (Å²) in [6.45, 7) is 2.63. The predicted molar refractivity (Wildman–Crippen MR) is 89.4 cm³/mol. The highest BCUT2D eigenvalue weighted by Gasteiger charge is 2.26. The molecule has 2 aliphatic heterocycles. The Morgan fingerprint density at radius 1 is 1.08 bits per heavy atom. The Bertz CT molecular complexity index is 680. The van der Waals surface area contributed by atoms with Crippen LogP contribution in [0.1, 0.15) is 28.8 Å². The first-order valence-corrected chi connectivity index (χ1v) is 8.48. The second-order valence-corrected chi connectivity index (χ2v) is 6.17. The van der Waals surface area contributed by atoms with Crippen LogP contribution < -0.4 is 4.74 Å². The van der Waals surface area contributed by atoms with Gasteiger partial charge >= 0.3 is 5.97 Å². The summed E-state index contributed by atoms with van der Waals surface area (Å²) in [5.41, 5.74) is 1.73. The number of ether oxygens (including phenoxy) is 2. The van der Waals surface area contributed by atoms with Gasteiger partial charge in [-0.25, -0.2) is 0 Å². The van der Waals surface area contributed by atoms with Crippen LogP contribution in [-0.4, -0.2) is 67.5 Å². The standard InChI is InChI=1S/C18H22N2O5/c1-24-17(22)5-4-16(21)19-7-9-20(10-8-19)18(23)14-2-3-15-13(12-14)6-11-25-15/h2-3,12H,4-11H2,1H3. The number of benzene rings is 1. The van der Waals surface area contributed by atoms with E-state index in [-0.39, 0.29) is 30.6 Å². The lowest BCUT2D eigenvalue weighted by Gasteiger charge is -2.35. The first-order valence-electron chi connectivity index (χ1n) is 8.48. The number of carbonyl (C=O) groups is 3. The fourth-order valence-corrected chi connectivity index (χ4v) is 3.13. The molecule has 1 fully saturated rings. The number of hydrogen-bond acceptors (Lipinski definition) is 5. The van der Waals surface area contributed by atoms with Gasteiger partial charge in [0.05, 0.1) is 20.1 Å². The van der Waals surface area contributed by atoms with Crippen LogP contribution >= 0.6 is 0 Å². The summed E-state index contributed by atoms with van der Waals surface area (Å²) in [6, 6.07) is 5.54. The minimum Gasteiger partial charge on any atom is -0.493 e. The molecule has 0 unspecified atom stereocenters. The molecule has 0 aromatic heterocycles. The zero-order valence-electron chi connectivity index (χ0n) is 14.3. The molecule has 2 amide bonds. The van der Waals surface area contributed by atoms with Crippen LogP contribution in [0.4, 0.5) is 0 Å². The van der Waals surface area contributed by atoms with E-state index < -0.39 is 0 Å². The molecule has 1 aromatic carbocycles. The molecule has 0 bridgehead atoms. The zero-order valence-corrected chi connectivity index (χ0v) is 14.3. The summed E-state index contributed by atoms with van der Waals surface area (Å²) in [6.07, 6.45) is 1.07. The van der Waals surface area contributed by atoms with E-state index in [0.717, 1.165) is 17.7 Å². The lowest BCUT2D eigenvalue weighted by Crippen LogP contribution is -2.50. The molecule has 0 atom stereocenters. The lowest BCUT2D eigenvalue weighted by molar-refractivity contribution is -0.143. The van der Waals surface area contributed by atoms with Crippen LogP contribution in [0.25, 0.3) is 0 Å². The van der Waals surface area contributed by atoms with Gasteiger partial charge in [-0.1, -0.05) is 0 Å². The summed E-state index contributed by atoms with van der Waals surface area (Å²) >= 11 is 0. The molecule has 25 heavy (non-hydrogen) atoms. The zero-order chi connectivity index (χ0) is 17.8. The molecular weight excluding hydrogens is 324 g/mol. The van der Waals surface area contributed by atoms with Crippen molar-refractivity contribution < 1.29 is 23.9 Å². The van der Waals surface area contributed by atoms with Crippen LogP contribution in [-0.2, 0) is 20.7 Å². The molecule has 3 rings (SSSR count). The number of hydrogen-bond donors (Lipinski definition) is 0. The van der Waals surface area contributed by atoms with Gasteiger partial charge in [-0.05, 0) is 23.8 Å². The molecule has 0 saturated carbocycles. The van der Waals surface area contributed by atoms with E-state index in [1.165, 1.54) is 7.11 Å². The Morgan fingerprint density at radius 2 is 1.80 bits per heavy atom. The smallest absolute Gasteiger partial charge is 0.306 e. The quantitative estimate of drug-likeness (QED) is 0.756. The van der Waals surface area contributed by atoms with Crippen molar-refractivity contribution in [2.45, 2.75) is 19.3 Å². The van der Waals surface area contributed by atoms with Crippen LogP contribution in [0.2, 0.25) is 0 Å². The van der Waals surface area contributed by atoms with Crippen molar-refractivity contribution in [1.29, 1.82) is 0 Å². The Hall–Kier alpha value is -2.57. The maximum atomic E-state index is 12.7. The number of piperazine rings is 1. The third-order valence-corrected chi connectivity index (χ3v) is 4.63. The highest BCUT2D eigenvalue weighted by Crippen LogP contribution is 2.26. The molecule has 0 aliphatic carbocycles. The van der Waals surface area contributed by atoms with Gasteiger partial charge in [0.1, 0.15) is 5.75 Å². The van der Waals surface area contributed by atoms with Crippen molar-refractivity contribution in [3.8, 4) is 5.75 Å². The summed E-state index contributed by atoms with van der Waals surface area (Å²) in [5.74, 6) is 0.379. The second kappa shape index (κ2) is 7.55. The largest absolute Gasteiger partial charge is 0.493 e. The maximum Gasteiger partial charge on any atom is 0.306 e. The summed E-state index contributed by atoms with van der Waals surface area (Å²) in [5, 5.41) is 0. The van der Waals surface area contributed by atoms with E-state index in [2.05, 4.69) is 4.74 Å². The summed E-state index contributed by atoms with van der Waals surface area (Å²) in [4.78, 5) is 39.3. The second-order valence-electron chi connectivity index (χ2n) is 6.17. The van der Waals surface area contributed by atoms with Crippen LogP contribution in [0, 0.1) is 0 Å². The molecule has 0 N–H and O–H groups in total. The Balaban J connectivity index is 1.52. The van der Waals surface area contributed by atoms with Gasteiger partial charge in [-0.2, -0.15) is 0 Å². The number of amides is 2. The molecule has 0 spiro atoms. The molecule has 7 nitrogen and oxygen atoms in total. The molecule has 1 aromatic rings. The molecule has 7 heteroatoms. The molecule has 2 aliphatic rings. The van der Waals surface area contributed by atoms with Crippen molar-refractivity contribution in [1.82, 2.24) is 9.80 Å². The summed E-state index contributed by atoms with van der Waals surface area (Å²) in [7, 11) is 1.31. The highest BCUT2D eigenvalue weighted by molar-refractivity contribution is 5.95. The minimum atomic E-state index is -0.386. The number of fused-ring (bicyclic) bond motifs is 1. The number of rotatable bonds is 4. The van der Waals surface area contributed by atoms with Crippen molar-refractivity contribution in [3.05, 3.63) is 29.3 Å². The summed E-state index contributed by atoms with van der Waals surface area (Å²) < 4.78 is 10.0. The van der Waals surface area contributed by atoms with Crippen LogP contribution in [0.15, 0.2) is 18.2 Å². The van der Waals surface area contributed by atoms with E-state index in [0.29, 0.717) is 38.3 Å². The van der Waals surface area contributed by atoms with E-state index in [1.807, 2.05) is 12.1 Å². The van der Waals surface area contributed by atoms with Crippen molar-refractivity contribution in [2.24, 2.45) is 0 Å². The van der Waals surface area contributed by atoms with Crippen LogP contribution in [0.3, 0.4) is 0 Å². The van der Waals surface area contributed by atoms with Gasteiger partial charge in [0.25, 0.3) is 5.91 Å².